The molecule has 4 heteroatoms. The highest BCUT2D eigenvalue weighted by Crippen LogP contribution is 2.15. The van der Waals surface area contributed by atoms with Crippen molar-refractivity contribution in [2.75, 3.05) is 0 Å². The third-order valence-corrected chi connectivity index (χ3v) is 1.88. The molecule has 1 aromatic carbocycles. The topological polar surface area (TPSA) is 40.9 Å². The number of hydrogen-bond donors (Lipinski definition) is 0. The van der Waals surface area contributed by atoms with E-state index in [0.717, 1.165) is 6.07 Å². The van der Waals surface area contributed by atoms with Gasteiger partial charge in [-0.2, -0.15) is 5.26 Å². The lowest BCUT2D eigenvalue weighted by Gasteiger charge is -1.97. The molecule has 0 aliphatic heterocycles. The summed E-state index contributed by atoms with van der Waals surface area (Å²) in [5, 5.41) is 8.26. The molecule has 0 aliphatic rings. The standard InChI is InChI=1S/C9H5BrFNO/c10-7-3-6(4-8(11)5-7)9(13)1-2-12/h3-5H,1H2. The van der Waals surface area contributed by atoms with Gasteiger partial charge in [0.1, 0.15) is 5.82 Å². The largest absolute Gasteiger partial charge is 0.293 e. The summed E-state index contributed by atoms with van der Waals surface area (Å²) >= 11 is 3.06. The van der Waals surface area contributed by atoms with Gasteiger partial charge in [0.15, 0.2) is 5.78 Å². The Morgan fingerprint density at radius 1 is 1.54 bits per heavy atom. The molecule has 1 rings (SSSR count). The lowest BCUT2D eigenvalue weighted by Crippen LogP contribution is -1.97. The maximum atomic E-state index is 12.8. The quantitative estimate of drug-likeness (QED) is 0.748. The molecule has 0 atom stereocenters. The van der Waals surface area contributed by atoms with Crippen LogP contribution in [0, 0.1) is 17.1 Å². The fraction of sp³-hybridized carbons (Fsp3) is 0.111. The normalized spacial score (nSPS) is 9.31. The molecule has 0 saturated carbocycles. The van der Waals surface area contributed by atoms with Crippen LogP contribution in [0.4, 0.5) is 4.39 Å². The highest BCUT2D eigenvalue weighted by Gasteiger charge is 2.07. The van der Waals surface area contributed by atoms with Gasteiger partial charge in [0.05, 0.1) is 12.5 Å². The Bertz CT molecular complexity index is 363. The minimum Gasteiger partial charge on any atom is -0.293 e. The number of halogens is 2. The van der Waals surface area contributed by atoms with Gasteiger partial charge in [0, 0.05) is 10.0 Å². The number of nitriles is 1. The van der Waals surface area contributed by atoms with Crippen molar-refractivity contribution in [3.63, 3.8) is 0 Å². The van der Waals surface area contributed by atoms with E-state index in [0.29, 0.717) is 4.47 Å². The second-order valence-corrected chi connectivity index (χ2v) is 3.33. The van der Waals surface area contributed by atoms with Crippen LogP contribution in [0.2, 0.25) is 0 Å². The molecule has 1 aromatic rings. The van der Waals surface area contributed by atoms with Crippen LogP contribution in [0.3, 0.4) is 0 Å². The number of benzene rings is 1. The van der Waals surface area contributed by atoms with Crippen molar-refractivity contribution in [2.45, 2.75) is 6.42 Å². The average Bonchev–Trinajstić information content (AvgIpc) is 2.03. The van der Waals surface area contributed by atoms with E-state index in [1.807, 2.05) is 0 Å². The number of hydrogen-bond acceptors (Lipinski definition) is 2. The molecule has 0 aromatic heterocycles. The summed E-state index contributed by atoms with van der Waals surface area (Å²) < 4.78 is 13.3. The van der Waals surface area contributed by atoms with Gasteiger partial charge in [-0.15, -0.1) is 0 Å². The van der Waals surface area contributed by atoms with Crippen LogP contribution in [-0.4, -0.2) is 5.78 Å². The van der Waals surface area contributed by atoms with E-state index in [9.17, 15) is 9.18 Å². The lowest BCUT2D eigenvalue weighted by atomic mass is 10.1. The molecular formula is C9H5BrFNO. The molecule has 0 fully saturated rings. The van der Waals surface area contributed by atoms with Crippen molar-refractivity contribution in [3.8, 4) is 6.07 Å². The molecule has 0 radical (unpaired) electrons. The van der Waals surface area contributed by atoms with E-state index in [1.165, 1.54) is 12.1 Å². The summed E-state index contributed by atoms with van der Waals surface area (Å²) in [7, 11) is 0. The first kappa shape index (κ1) is 9.87. The van der Waals surface area contributed by atoms with Gasteiger partial charge in [0.25, 0.3) is 0 Å². The van der Waals surface area contributed by atoms with Crippen LogP contribution < -0.4 is 0 Å². The highest BCUT2D eigenvalue weighted by atomic mass is 79.9. The maximum absolute atomic E-state index is 12.8. The maximum Gasteiger partial charge on any atom is 0.177 e. The molecule has 2 nitrogen and oxygen atoms in total. The monoisotopic (exact) mass is 241 g/mol. The SMILES string of the molecule is N#CCC(=O)c1cc(F)cc(Br)c1. The van der Waals surface area contributed by atoms with E-state index in [4.69, 9.17) is 5.26 Å². The van der Waals surface area contributed by atoms with Gasteiger partial charge in [-0.25, -0.2) is 4.39 Å². The van der Waals surface area contributed by atoms with E-state index in [-0.39, 0.29) is 17.8 Å². The van der Waals surface area contributed by atoms with Crippen molar-refractivity contribution >= 4 is 21.7 Å². The number of rotatable bonds is 2. The zero-order valence-corrected chi connectivity index (χ0v) is 8.14. The number of carbonyl (C=O) groups is 1. The van der Waals surface area contributed by atoms with Crippen LogP contribution >= 0.6 is 15.9 Å². The van der Waals surface area contributed by atoms with Crippen LogP contribution in [0.15, 0.2) is 22.7 Å². The minimum atomic E-state index is -0.490. The molecule has 0 amide bonds. The Hall–Kier alpha value is -1.21. The lowest BCUT2D eigenvalue weighted by molar-refractivity contribution is 0.0997. The van der Waals surface area contributed by atoms with Gasteiger partial charge in [-0.3, -0.25) is 4.79 Å². The number of ketones is 1. The predicted octanol–water partition coefficient (Wildman–Crippen LogP) is 2.68. The average molecular weight is 242 g/mol. The summed E-state index contributed by atoms with van der Waals surface area (Å²) in [6.07, 6.45) is -0.226. The molecule has 0 saturated heterocycles. The molecule has 0 spiro atoms. The van der Waals surface area contributed by atoms with Crippen LogP contribution in [0.5, 0.6) is 0 Å². The first-order chi connectivity index (χ1) is 6.13. The Kier molecular flexibility index (Phi) is 3.15. The molecule has 0 bridgehead atoms. The van der Waals surface area contributed by atoms with Crippen molar-refractivity contribution in [3.05, 3.63) is 34.1 Å². The molecule has 0 aliphatic carbocycles. The van der Waals surface area contributed by atoms with Crippen molar-refractivity contribution < 1.29 is 9.18 Å². The number of carbonyl (C=O) groups excluding carboxylic acids is 1. The predicted molar refractivity (Wildman–Crippen MR) is 48.7 cm³/mol. The van der Waals surface area contributed by atoms with E-state index in [2.05, 4.69) is 15.9 Å². The summed E-state index contributed by atoms with van der Waals surface area (Å²) in [5.74, 6) is -0.863. The fourth-order valence-electron chi connectivity index (χ4n) is 0.889. The zero-order valence-electron chi connectivity index (χ0n) is 6.55. The summed E-state index contributed by atoms with van der Waals surface area (Å²) in [5.41, 5.74) is 0.216. The zero-order chi connectivity index (χ0) is 9.84. The molecule has 13 heavy (non-hydrogen) atoms. The van der Waals surface area contributed by atoms with Crippen molar-refractivity contribution in [2.24, 2.45) is 0 Å². The third kappa shape index (κ3) is 2.63. The highest BCUT2D eigenvalue weighted by molar-refractivity contribution is 9.10. The second kappa shape index (κ2) is 4.15. The van der Waals surface area contributed by atoms with Crippen LogP contribution in [0.25, 0.3) is 0 Å². The summed E-state index contributed by atoms with van der Waals surface area (Å²) in [4.78, 5) is 11.1. The van der Waals surface area contributed by atoms with Gasteiger partial charge in [0.2, 0.25) is 0 Å². The number of nitrogens with zero attached hydrogens (tertiary/aromatic N) is 1. The van der Waals surface area contributed by atoms with Gasteiger partial charge < -0.3 is 0 Å². The third-order valence-electron chi connectivity index (χ3n) is 1.42. The van der Waals surface area contributed by atoms with Crippen molar-refractivity contribution in [1.82, 2.24) is 0 Å². The smallest absolute Gasteiger partial charge is 0.177 e. The van der Waals surface area contributed by atoms with Gasteiger partial charge >= 0.3 is 0 Å². The van der Waals surface area contributed by atoms with E-state index >= 15 is 0 Å². The second-order valence-electron chi connectivity index (χ2n) is 2.42. The first-order valence-electron chi connectivity index (χ1n) is 3.49. The Balaban J connectivity index is 3.02. The molecule has 0 unspecified atom stereocenters. The Morgan fingerprint density at radius 3 is 2.77 bits per heavy atom. The molecular weight excluding hydrogens is 237 g/mol. The van der Waals surface area contributed by atoms with Gasteiger partial charge in [-0.1, -0.05) is 15.9 Å². The van der Waals surface area contributed by atoms with Crippen LogP contribution in [0.1, 0.15) is 16.8 Å². The minimum absolute atomic E-state index is 0.216. The van der Waals surface area contributed by atoms with Crippen molar-refractivity contribution in [1.29, 1.82) is 5.26 Å². The number of Topliss-reactive ketones (excluding diaryl/α,β-unsaturated/α-hetero) is 1. The summed E-state index contributed by atoms with van der Waals surface area (Å²) in [6, 6.07) is 5.58. The molecule has 66 valence electrons. The Labute approximate surface area is 83.1 Å². The Morgan fingerprint density at radius 2 is 2.23 bits per heavy atom. The van der Waals surface area contributed by atoms with E-state index < -0.39 is 5.82 Å². The van der Waals surface area contributed by atoms with E-state index in [1.54, 1.807) is 6.07 Å². The van der Waals surface area contributed by atoms with Gasteiger partial charge in [-0.05, 0) is 18.2 Å². The molecule has 0 heterocycles. The first-order valence-corrected chi connectivity index (χ1v) is 4.29. The fourth-order valence-corrected chi connectivity index (χ4v) is 1.35. The molecule has 0 N–H and O–H groups in total. The van der Waals surface area contributed by atoms with Crippen LogP contribution in [-0.2, 0) is 0 Å². The summed E-state index contributed by atoms with van der Waals surface area (Å²) in [6.45, 7) is 0.